The van der Waals surface area contributed by atoms with Crippen LogP contribution in [0.15, 0.2) is 0 Å². The lowest BCUT2D eigenvalue weighted by Crippen LogP contribution is -2.43. The molecule has 0 bridgehead atoms. The molecule has 5 N–H and O–H groups in total. The summed E-state index contributed by atoms with van der Waals surface area (Å²) in [6.45, 7) is 1.81. The van der Waals surface area contributed by atoms with Gasteiger partial charge in [0.15, 0.2) is 0 Å². The lowest BCUT2D eigenvalue weighted by molar-refractivity contribution is -0.140. The number of primary amides is 1. The monoisotopic (exact) mass is 255 g/mol. The lowest BCUT2D eigenvalue weighted by Gasteiger charge is -2.10. The van der Waals surface area contributed by atoms with E-state index >= 15 is 0 Å². The molecular formula is C9H13N5O4. The van der Waals surface area contributed by atoms with Gasteiger partial charge in [-0.25, -0.2) is 9.78 Å². The second kappa shape index (κ2) is 5.75. The van der Waals surface area contributed by atoms with Crippen molar-refractivity contribution in [1.29, 1.82) is 0 Å². The highest BCUT2D eigenvalue weighted by Crippen LogP contribution is 1.97. The predicted molar refractivity (Wildman–Crippen MR) is 58.5 cm³/mol. The van der Waals surface area contributed by atoms with E-state index in [0.29, 0.717) is 12.2 Å². The van der Waals surface area contributed by atoms with Crippen molar-refractivity contribution in [3.8, 4) is 0 Å². The minimum atomic E-state index is -1.39. The van der Waals surface area contributed by atoms with E-state index in [4.69, 9.17) is 10.8 Å². The fourth-order valence-electron chi connectivity index (χ4n) is 1.18. The van der Waals surface area contributed by atoms with E-state index in [9.17, 15) is 14.4 Å². The van der Waals surface area contributed by atoms with Crippen LogP contribution in [0.5, 0.6) is 0 Å². The van der Waals surface area contributed by atoms with Crippen LogP contribution in [-0.4, -0.2) is 44.1 Å². The van der Waals surface area contributed by atoms with Gasteiger partial charge in [0, 0.05) is 6.42 Å². The first-order valence-electron chi connectivity index (χ1n) is 5.17. The minimum absolute atomic E-state index is 0.178. The van der Waals surface area contributed by atoms with Crippen LogP contribution >= 0.6 is 0 Å². The van der Waals surface area contributed by atoms with E-state index in [0.717, 1.165) is 0 Å². The van der Waals surface area contributed by atoms with Crippen LogP contribution in [0.2, 0.25) is 0 Å². The minimum Gasteiger partial charge on any atom is -0.480 e. The largest absolute Gasteiger partial charge is 0.480 e. The Morgan fingerprint density at radius 1 is 1.50 bits per heavy atom. The van der Waals surface area contributed by atoms with Crippen molar-refractivity contribution >= 4 is 17.8 Å². The summed E-state index contributed by atoms with van der Waals surface area (Å²) < 4.78 is 0. The number of nitrogens with zero attached hydrogens (tertiary/aromatic N) is 2. The number of H-pyrrole nitrogens is 1. The number of carbonyl (C=O) groups excluding carboxylic acids is 2. The van der Waals surface area contributed by atoms with Crippen LogP contribution in [0.1, 0.15) is 29.8 Å². The molecule has 1 unspecified atom stereocenters. The highest BCUT2D eigenvalue weighted by Gasteiger charge is 2.24. The van der Waals surface area contributed by atoms with Crippen LogP contribution in [0, 0.1) is 0 Å². The molecule has 0 radical (unpaired) electrons. The van der Waals surface area contributed by atoms with Gasteiger partial charge >= 0.3 is 5.97 Å². The molecule has 0 spiro atoms. The van der Waals surface area contributed by atoms with Gasteiger partial charge in [0.25, 0.3) is 5.91 Å². The zero-order valence-corrected chi connectivity index (χ0v) is 9.64. The number of hydrogen-bond donors (Lipinski definition) is 4. The summed E-state index contributed by atoms with van der Waals surface area (Å²) in [5.74, 6) is -2.63. The zero-order chi connectivity index (χ0) is 13.7. The van der Waals surface area contributed by atoms with E-state index in [-0.39, 0.29) is 5.82 Å². The number of aromatic amines is 1. The van der Waals surface area contributed by atoms with Gasteiger partial charge in [-0.2, -0.15) is 0 Å². The van der Waals surface area contributed by atoms with Gasteiger partial charge in [0.2, 0.25) is 11.7 Å². The molecule has 9 nitrogen and oxygen atoms in total. The third-order valence-corrected chi connectivity index (χ3v) is 2.08. The van der Waals surface area contributed by atoms with Gasteiger partial charge in [-0.1, -0.05) is 6.92 Å². The van der Waals surface area contributed by atoms with Crippen molar-refractivity contribution in [2.45, 2.75) is 25.8 Å². The Labute approximate surface area is 102 Å². The summed E-state index contributed by atoms with van der Waals surface area (Å²) in [6.07, 6.45) is 0.0655. The topological polar surface area (TPSA) is 151 Å². The molecule has 1 aromatic rings. The second-order valence-electron chi connectivity index (χ2n) is 3.49. The Hall–Kier alpha value is -2.45. The normalized spacial score (nSPS) is 11.8. The molecule has 0 aliphatic carbocycles. The lowest BCUT2D eigenvalue weighted by atomic mass is 10.2. The molecule has 18 heavy (non-hydrogen) atoms. The average molecular weight is 255 g/mol. The summed E-state index contributed by atoms with van der Waals surface area (Å²) in [6, 6.07) is -1.39. The number of aryl methyl sites for hydroxylation is 1. The van der Waals surface area contributed by atoms with Crippen molar-refractivity contribution < 1.29 is 19.5 Å². The van der Waals surface area contributed by atoms with Crippen molar-refractivity contribution in [2.75, 3.05) is 0 Å². The van der Waals surface area contributed by atoms with E-state index in [2.05, 4.69) is 20.5 Å². The number of amides is 2. The smallest absolute Gasteiger partial charge is 0.326 e. The van der Waals surface area contributed by atoms with Crippen LogP contribution < -0.4 is 11.1 Å². The maximum Gasteiger partial charge on any atom is 0.326 e. The van der Waals surface area contributed by atoms with Crippen LogP contribution in [0.4, 0.5) is 0 Å². The van der Waals surface area contributed by atoms with Gasteiger partial charge in [-0.3, -0.25) is 14.7 Å². The molecule has 0 fully saturated rings. The molecule has 0 aliphatic rings. The van der Waals surface area contributed by atoms with E-state index in [1.807, 2.05) is 6.92 Å². The summed E-state index contributed by atoms with van der Waals surface area (Å²) >= 11 is 0. The number of rotatable bonds is 6. The number of aromatic nitrogens is 3. The molecule has 1 aromatic heterocycles. The molecule has 1 atom stereocenters. The summed E-state index contributed by atoms with van der Waals surface area (Å²) in [4.78, 5) is 36.9. The molecule has 1 heterocycles. The molecule has 0 saturated heterocycles. The Morgan fingerprint density at radius 3 is 2.61 bits per heavy atom. The average Bonchev–Trinajstić information content (AvgIpc) is 2.75. The number of nitrogens with two attached hydrogens (primary N) is 1. The van der Waals surface area contributed by atoms with E-state index in [1.54, 1.807) is 0 Å². The number of carboxylic acid groups (broad SMARTS) is 1. The SMILES string of the molecule is CCc1nc(C(=O)NC(CC(N)=O)C(=O)O)n[nH]1. The van der Waals surface area contributed by atoms with Gasteiger partial charge in [0.1, 0.15) is 11.9 Å². The fourth-order valence-corrected chi connectivity index (χ4v) is 1.18. The number of nitrogens with one attached hydrogen (secondary N) is 2. The third-order valence-electron chi connectivity index (χ3n) is 2.08. The van der Waals surface area contributed by atoms with Crippen molar-refractivity contribution in [1.82, 2.24) is 20.5 Å². The Bertz CT molecular complexity index is 469. The van der Waals surface area contributed by atoms with Crippen molar-refractivity contribution in [2.24, 2.45) is 5.73 Å². The maximum atomic E-state index is 11.6. The highest BCUT2D eigenvalue weighted by atomic mass is 16.4. The number of carboxylic acids is 1. The summed E-state index contributed by atoms with van der Waals surface area (Å²) in [5.41, 5.74) is 4.88. The highest BCUT2D eigenvalue weighted by molar-refractivity contribution is 5.94. The number of carbonyl (C=O) groups is 3. The third kappa shape index (κ3) is 3.54. The van der Waals surface area contributed by atoms with Crippen molar-refractivity contribution in [3.05, 3.63) is 11.6 Å². The molecule has 2 amide bonds. The van der Waals surface area contributed by atoms with Gasteiger partial charge < -0.3 is 16.2 Å². The molecule has 0 aliphatic heterocycles. The van der Waals surface area contributed by atoms with Crippen LogP contribution in [-0.2, 0) is 16.0 Å². The molecule has 0 saturated carbocycles. The maximum absolute atomic E-state index is 11.6. The Kier molecular flexibility index (Phi) is 4.35. The fraction of sp³-hybridized carbons (Fsp3) is 0.444. The summed E-state index contributed by atoms with van der Waals surface area (Å²) in [7, 11) is 0. The molecule has 1 rings (SSSR count). The number of aliphatic carboxylic acids is 1. The second-order valence-corrected chi connectivity index (χ2v) is 3.49. The Morgan fingerprint density at radius 2 is 2.17 bits per heavy atom. The summed E-state index contributed by atoms with van der Waals surface area (Å²) in [5, 5.41) is 17.1. The molecule has 98 valence electrons. The van der Waals surface area contributed by atoms with E-state index in [1.165, 1.54) is 0 Å². The van der Waals surface area contributed by atoms with Gasteiger partial charge in [-0.05, 0) is 0 Å². The van der Waals surface area contributed by atoms with Gasteiger partial charge in [-0.15, -0.1) is 5.10 Å². The first-order valence-corrected chi connectivity index (χ1v) is 5.17. The van der Waals surface area contributed by atoms with E-state index < -0.39 is 30.2 Å². The Balaban J connectivity index is 2.71. The molecule has 9 heteroatoms. The predicted octanol–water partition coefficient (Wildman–Crippen LogP) is -1.57. The van der Waals surface area contributed by atoms with Crippen molar-refractivity contribution in [3.63, 3.8) is 0 Å². The number of hydrogen-bond acceptors (Lipinski definition) is 5. The first-order chi connectivity index (χ1) is 8.43. The van der Waals surface area contributed by atoms with Crippen LogP contribution in [0.25, 0.3) is 0 Å². The van der Waals surface area contributed by atoms with Gasteiger partial charge in [0.05, 0.1) is 6.42 Å². The standard InChI is InChI=1S/C9H13N5O4/c1-2-6-12-7(14-13-6)8(16)11-4(9(17)18)3-5(10)15/h4H,2-3H2,1H3,(H2,10,15)(H,11,16)(H,17,18)(H,12,13,14). The first kappa shape index (κ1) is 13.6. The zero-order valence-electron chi connectivity index (χ0n) is 9.64. The molecular weight excluding hydrogens is 242 g/mol. The quantitative estimate of drug-likeness (QED) is 0.481. The molecule has 0 aromatic carbocycles. The van der Waals surface area contributed by atoms with Crippen LogP contribution in [0.3, 0.4) is 0 Å².